The second-order valence-electron chi connectivity index (χ2n) is 7.26. The highest BCUT2D eigenvalue weighted by molar-refractivity contribution is 7.99. The minimum atomic E-state index is -0.636. The number of aryl methyl sites for hydroxylation is 1. The first-order valence-corrected chi connectivity index (χ1v) is 9.86. The predicted molar refractivity (Wildman–Crippen MR) is 109 cm³/mol. The van der Waals surface area contributed by atoms with Gasteiger partial charge in [0.25, 0.3) is 0 Å². The van der Waals surface area contributed by atoms with E-state index < -0.39 is 17.3 Å². The van der Waals surface area contributed by atoms with Crippen molar-refractivity contribution in [1.82, 2.24) is 9.78 Å². The number of aromatic nitrogens is 2. The third-order valence-electron chi connectivity index (χ3n) is 3.88. The summed E-state index contributed by atoms with van der Waals surface area (Å²) >= 11 is 7.40. The fraction of sp³-hybridized carbons (Fsp3) is 0.238. The molecule has 2 aromatic carbocycles. The Morgan fingerprint density at radius 1 is 1.18 bits per heavy atom. The van der Waals surface area contributed by atoms with Crippen LogP contribution in [-0.2, 0) is 5.54 Å². The summed E-state index contributed by atoms with van der Waals surface area (Å²) in [6.45, 7) is 7.76. The number of carbonyl (C=O) groups is 1. The number of rotatable bonds is 4. The molecular weight excluding hydrogens is 399 g/mol. The van der Waals surface area contributed by atoms with E-state index in [1.165, 1.54) is 30.0 Å². The quantitative estimate of drug-likeness (QED) is 0.479. The SMILES string of the molecule is Cc1nn(C(C)(C)C)c(OC(=O)c2cccc(F)c2)c1Sc1ccc(Cl)cc1. The Hall–Kier alpha value is -2.31. The van der Waals surface area contributed by atoms with Crippen molar-refractivity contribution in [2.45, 2.75) is 43.0 Å². The van der Waals surface area contributed by atoms with E-state index in [2.05, 4.69) is 5.10 Å². The molecule has 3 aromatic rings. The average Bonchev–Trinajstić information content (AvgIpc) is 2.93. The summed E-state index contributed by atoms with van der Waals surface area (Å²) in [7, 11) is 0. The molecule has 0 atom stereocenters. The maximum absolute atomic E-state index is 13.5. The summed E-state index contributed by atoms with van der Waals surface area (Å²) in [4.78, 5) is 14.3. The van der Waals surface area contributed by atoms with E-state index in [9.17, 15) is 9.18 Å². The highest BCUT2D eigenvalue weighted by Crippen LogP contribution is 2.40. The molecule has 0 spiro atoms. The lowest BCUT2D eigenvalue weighted by Crippen LogP contribution is -2.25. The molecule has 0 radical (unpaired) electrons. The lowest BCUT2D eigenvalue weighted by molar-refractivity contribution is 0.0703. The van der Waals surface area contributed by atoms with Crippen LogP contribution in [-0.4, -0.2) is 15.7 Å². The van der Waals surface area contributed by atoms with Gasteiger partial charge in [-0.3, -0.25) is 0 Å². The van der Waals surface area contributed by atoms with Gasteiger partial charge in [0.1, 0.15) is 5.82 Å². The Morgan fingerprint density at radius 3 is 2.46 bits per heavy atom. The van der Waals surface area contributed by atoms with Crippen molar-refractivity contribution in [2.24, 2.45) is 0 Å². The van der Waals surface area contributed by atoms with Gasteiger partial charge < -0.3 is 4.74 Å². The first-order chi connectivity index (χ1) is 13.1. The monoisotopic (exact) mass is 418 g/mol. The van der Waals surface area contributed by atoms with Gasteiger partial charge in [-0.1, -0.05) is 29.4 Å². The largest absolute Gasteiger partial charge is 0.403 e. The molecule has 3 rings (SSSR count). The van der Waals surface area contributed by atoms with Crippen LogP contribution in [0, 0.1) is 12.7 Å². The van der Waals surface area contributed by atoms with Crippen LogP contribution in [0.15, 0.2) is 58.3 Å². The van der Waals surface area contributed by atoms with E-state index in [-0.39, 0.29) is 5.56 Å². The van der Waals surface area contributed by atoms with Gasteiger partial charge in [-0.15, -0.1) is 0 Å². The molecule has 0 fully saturated rings. The van der Waals surface area contributed by atoms with Gasteiger partial charge >= 0.3 is 5.97 Å². The molecule has 0 aliphatic heterocycles. The summed E-state index contributed by atoms with van der Waals surface area (Å²) in [6, 6.07) is 12.8. The van der Waals surface area contributed by atoms with Crippen LogP contribution in [0.2, 0.25) is 5.02 Å². The maximum Gasteiger partial charge on any atom is 0.344 e. The number of esters is 1. The molecule has 146 valence electrons. The Kier molecular flexibility index (Phi) is 5.82. The molecule has 0 saturated carbocycles. The summed E-state index contributed by atoms with van der Waals surface area (Å²) in [5.41, 5.74) is 0.458. The molecule has 0 bridgehead atoms. The third kappa shape index (κ3) is 4.56. The Labute approximate surface area is 172 Å². The van der Waals surface area contributed by atoms with E-state index in [4.69, 9.17) is 16.3 Å². The van der Waals surface area contributed by atoms with Crippen LogP contribution >= 0.6 is 23.4 Å². The van der Waals surface area contributed by atoms with Gasteiger partial charge in [-0.25, -0.2) is 13.9 Å². The number of hydrogen-bond donors (Lipinski definition) is 0. The summed E-state index contributed by atoms with van der Waals surface area (Å²) in [6.07, 6.45) is 0. The zero-order valence-electron chi connectivity index (χ0n) is 16.0. The van der Waals surface area contributed by atoms with Gasteiger partial charge in [0.15, 0.2) is 0 Å². The number of halogens is 2. The molecule has 7 heteroatoms. The second-order valence-corrected chi connectivity index (χ2v) is 8.78. The van der Waals surface area contributed by atoms with Gasteiger partial charge in [0.2, 0.25) is 5.88 Å². The predicted octanol–water partition coefficient (Wildman–Crippen LogP) is 6.11. The topological polar surface area (TPSA) is 44.1 Å². The van der Waals surface area contributed by atoms with Crippen molar-refractivity contribution >= 4 is 29.3 Å². The number of hydrogen-bond acceptors (Lipinski definition) is 4. The first-order valence-electron chi connectivity index (χ1n) is 8.66. The van der Waals surface area contributed by atoms with E-state index in [0.29, 0.717) is 10.9 Å². The van der Waals surface area contributed by atoms with E-state index in [0.717, 1.165) is 21.6 Å². The normalized spacial score (nSPS) is 11.5. The molecule has 0 amide bonds. The minimum Gasteiger partial charge on any atom is -0.403 e. The summed E-state index contributed by atoms with van der Waals surface area (Å²) in [5, 5.41) is 5.22. The molecule has 0 aliphatic rings. The first kappa shape index (κ1) is 20.4. The second kappa shape index (κ2) is 7.97. The molecule has 0 aliphatic carbocycles. The molecule has 28 heavy (non-hydrogen) atoms. The van der Waals surface area contributed by atoms with Crippen molar-refractivity contribution < 1.29 is 13.9 Å². The van der Waals surface area contributed by atoms with Crippen LogP contribution in [0.25, 0.3) is 0 Å². The van der Waals surface area contributed by atoms with E-state index in [1.807, 2.05) is 39.8 Å². The highest BCUT2D eigenvalue weighted by atomic mass is 35.5. The lowest BCUT2D eigenvalue weighted by atomic mass is 10.1. The van der Waals surface area contributed by atoms with Crippen LogP contribution in [0.4, 0.5) is 4.39 Å². The minimum absolute atomic E-state index is 0.141. The summed E-state index contributed by atoms with van der Waals surface area (Å²) < 4.78 is 20.9. The number of ether oxygens (including phenoxy) is 1. The Morgan fingerprint density at radius 2 is 1.86 bits per heavy atom. The number of nitrogens with zero attached hydrogens (tertiary/aromatic N) is 2. The standard InChI is InChI=1S/C21H20ClFN2O2S/c1-13-18(28-17-10-8-15(22)9-11-17)19(25(24-13)21(2,3)4)27-20(26)14-6-5-7-16(23)12-14/h5-12H,1-4H3. The van der Waals surface area contributed by atoms with Crippen LogP contribution in [0.5, 0.6) is 5.88 Å². The van der Waals surface area contributed by atoms with Crippen molar-refractivity contribution in [3.8, 4) is 5.88 Å². The number of carbonyl (C=O) groups excluding carboxylic acids is 1. The molecule has 4 nitrogen and oxygen atoms in total. The molecule has 0 unspecified atom stereocenters. The van der Waals surface area contributed by atoms with E-state index in [1.54, 1.807) is 16.8 Å². The highest BCUT2D eigenvalue weighted by Gasteiger charge is 2.27. The van der Waals surface area contributed by atoms with Crippen molar-refractivity contribution in [2.75, 3.05) is 0 Å². The van der Waals surface area contributed by atoms with Crippen LogP contribution in [0.3, 0.4) is 0 Å². The molecule has 1 heterocycles. The van der Waals surface area contributed by atoms with E-state index >= 15 is 0 Å². The van der Waals surface area contributed by atoms with Gasteiger partial charge in [-0.2, -0.15) is 5.10 Å². The van der Waals surface area contributed by atoms with Crippen LogP contribution in [0.1, 0.15) is 36.8 Å². The van der Waals surface area contributed by atoms with Gasteiger partial charge in [0, 0.05) is 9.92 Å². The zero-order chi connectivity index (χ0) is 20.5. The fourth-order valence-corrected chi connectivity index (χ4v) is 3.57. The van der Waals surface area contributed by atoms with Gasteiger partial charge in [-0.05, 0) is 70.2 Å². The van der Waals surface area contributed by atoms with Crippen molar-refractivity contribution in [3.63, 3.8) is 0 Å². The average molecular weight is 419 g/mol. The van der Waals surface area contributed by atoms with Crippen molar-refractivity contribution in [1.29, 1.82) is 0 Å². The maximum atomic E-state index is 13.5. The van der Waals surface area contributed by atoms with Gasteiger partial charge in [0.05, 0.1) is 21.7 Å². The lowest BCUT2D eigenvalue weighted by Gasteiger charge is -2.22. The Balaban J connectivity index is 2.01. The molecule has 0 saturated heterocycles. The number of benzene rings is 2. The van der Waals surface area contributed by atoms with Crippen LogP contribution < -0.4 is 4.74 Å². The molecular formula is C21H20ClFN2O2S. The zero-order valence-corrected chi connectivity index (χ0v) is 17.6. The molecule has 0 N–H and O–H groups in total. The van der Waals surface area contributed by atoms with Crippen molar-refractivity contribution in [3.05, 3.63) is 70.6 Å². The summed E-state index contributed by atoms with van der Waals surface area (Å²) in [5.74, 6) is -0.798. The smallest absolute Gasteiger partial charge is 0.344 e. The fourth-order valence-electron chi connectivity index (χ4n) is 2.54. The Bertz CT molecular complexity index is 1010. The third-order valence-corrected chi connectivity index (χ3v) is 5.32. The molecule has 1 aromatic heterocycles.